The van der Waals surface area contributed by atoms with Crippen LogP contribution in [0.3, 0.4) is 0 Å². The topological polar surface area (TPSA) is 56.7 Å². The van der Waals surface area contributed by atoms with E-state index in [1.165, 1.54) is 19.3 Å². The minimum absolute atomic E-state index is 0.197. The zero-order valence-electron chi connectivity index (χ0n) is 11.5. The van der Waals surface area contributed by atoms with Crippen LogP contribution in [0.5, 0.6) is 0 Å². The van der Waals surface area contributed by atoms with Crippen molar-refractivity contribution in [3.05, 3.63) is 22.3 Å². The van der Waals surface area contributed by atoms with Gasteiger partial charge in [-0.3, -0.25) is 4.68 Å². The fourth-order valence-corrected chi connectivity index (χ4v) is 3.87. The van der Waals surface area contributed by atoms with E-state index < -0.39 is 0 Å². The van der Waals surface area contributed by atoms with Crippen molar-refractivity contribution in [1.29, 1.82) is 0 Å². The first-order valence-corrected chi connectivity index (χ1v) is 7.72. The number of hydrogen-bond acceptors (Lipinski definition) is 4. The van der Waals surface area contributed by atoms with Gasteiger partial charge in [0, 0.05) is 24.2 Å². The maximum Gasteiger partial charge on any atom is 0.113 e. The van der Waals surface area contributed by atoms with E-state index in [2.05, 4.69) is 10.5 Å². The van der Waals surface area contributed by atoms with Gasteiger partial charge in [-0.15, -0.1) is 11.3 Å². The molecule has 2 aromatic heterocycles. The Morgan fingerprint density at radius 2 is 2.05 bits per heavy atom. The Morgan fingerprint density at radius 1 is 1.32 bits per heavy atom. The van der Waals surface area contributed by atoms with Crippen LogP contribution in [0, 0.1) is 6.92 Å². The van der Waals surface area contributed by atoms with E-state index in [-0.39, 0.29) is 5.54 Å². The second-order valence-electron chi connectivity index (χ2n) is 5.56. The SMILES string of the molecule is Cc1nn(C)cc1-c1csc(C2(N)CCCCC2)n1. The minimum atomic E-state index is -0.197. The van der Waals surface area contributed by atoms with Gasteiger partial charge in [0.05, 0.1) is 16.9 Å². The molecule has 0 atom stereocenters. The molecule has 4 nitrogen and oxygen atoms in total. The summed E-state index contributed by atoms with van der Waals surface area (Å²) in [7, 11) is 1.94. The number of rotatable bonds is 2. The first kappa shape index (κ1) is 12.8. The summed E-state index contributed by atoms with van der Waals surface area (Å²) in [5.41, 5.74) is 9.50. The van der Waals surface area contributed by atoms with Crippen LogP contribution in [-0.4, -0.2) is 14.8 Å². The number of aromatic nitrogens is 3. The molecule has 0 amide bonds. The monoisotopic (exact) mass is 276 g/mol. The van der Waals surface area contributed by atoms with Gasteiger partial charge >= 0.3 is 0 Å². The Bertz CT molecular complexity index is 578. The Morgan fingerprint density at radius 3 is 2.68 bits per heavy atom. The molecule has 0 spiro atoms. The Hall–Kier alpha value is -1.20. The van der Waals surface area contributed by atoms with Crippen molar-refractivity contribution in [2.45, 2.75) is 44.6 Å². The van der Waals surface area contributed by atoms with Crippen molar-refractivity contribution >= 4 is 11.3 Å². The van der Waals surface area contributed by atoms with Crippen LogP contribution in [0.15, 0.2) is 11.6 Å². The maximum atomic E-state index is 6.54. The van der Waals surface area contributed by atoms with E-state index in [1.807, 2.05) is 24.9 Å². The number of hydrogen-bond donors (Lipinski definition) is 1. The Balaban J connectivity index is 1.93. The molecule has 19 heavy (non-hydrogen) atoms. The van der Waals surface area contributed by atoms with Gasteiger partial charge in [0.15, 0.2) is 0 Å². The fraction of sp³-hybridized carbons (Fsp3) is 0.571. The third-order valence-corrected chi connectivity index (χ3v) is 5.03. The molecular weight excluding hydrogens is 256 g/mol. The van der Waals surface area contributed by atoms with Crippen molar-refractivity contribution in [3.63, 3.8) is 0 Å². The predicted molar refractivity (Wildman–Crippen MR) is 78.0 cm³/mol. The molecule has 2 aromatic rings. The third-order valence-electron chi connectivity index (χ3n) is 3.97. The number of aryl methyl sites for hydroxylation is 2. The minimum Gasteiger partial charge on any atom is -0.319 e. The molecule has 0 saturated heterocycles. The summed E-state index contributed by atoms with van der Waals surface area (Å²) in [6.45, 7) is 2.02. The van der Waals surface area contributed by atoms with Crippen LogP contribution in [0.25, 0.3) is 11.3 Å². The predicted octanol–water partition coefficient (Wildman–Crippen LogP) is 2.97. The van der Waals surface area contributed by atoms with Crippen LogP contribution in [-0.2, 0) is 12.6 Å². The quantitative estimate of drug-likeness (QED) is 0.917. The van der Waals surface area contributed by atoms with Gasteiger partial charge in [-0.1, -0.05) is 19.3 Å². The van der Waals surface area contributed by atoms with Crippen LogP contribution >= 0.6 is 11.3 Å². The highest BCUT2D eigenvalue weighted by Crippen LogP contribution is 2.37. The van der Waals surface area contributed by atoms with Gasteiger partial charge in [-0.05, 0) is 19.8 Å². The molecular formula is C14H20N4S. The van der Waals surface area contributed by atoms with E-state index in [9.17, 15) is 0 Å². The molecule has 5 heteroatoms. The fourth-order valence-electron chi connectivity index (χ4n) is 2.87. The number of nitrogens with two attached hydrogens (primary N) is 1. The zero-order valence-corrected chi connectivity index (χ0v) is 12.3. The van der Waals surface area contributed by atoms with Crippen LogP contribution in [0.4, 0.5) is 0 Å². The first-order valence-electron chi connectivity index (χ1n) is 6.84. The molecule has 0 aliphatic heterocycles. The highest BCUT2D eigenvalue weighted by molar-refractivity contribution is 7.10. The zero-order chi connectivity index (χ0) is 13.5. The van der Waals surface area contributed by atoms with Crippen molar-refractivity contribution < 1.29 is 0 Å². The molecule has 0 unspecified atom stereocenters. The summed E-state index contributed by atoms with van der Waals surface area (Å²) in [5, 5.41) is 7.58. The second kappa shape index (κ2) is 4.72. The van der Waals surface area contributed by atoms with E-state index in [4.69, 9.17) is 10.7 Å². The second-order valence-corrected chi connectivity index (χ2v) is 6.41. The smallest absolute Gasteiger partial charge is 0.113 e. The van der Waals surface area contributed by atoms with E-state index in [1.54, 1.807) is 11.3 Å². The molecule has 2 heterocycles. The lowest BCUT2D eigenvalue weighted by Gasteiger charge is -2.31. The van der Waals surface area contributed by atoms with Gasteiger partial charge in [-0.25, -0.2) is 4.98 Å². The average molecular weight is 276 g/mol. The number of thiazole rings is 1. The maximum absolute atomic E-state index is 6.54. The molecule has 2 N–H and O–H groups in total. The van der Waals surface area contributed by atoms with Crippen molar-refractivity contribution in [2.75, 3.05) is 0 Å². The van der Waals surface area contributed by atoms with Crippen molar-refractivity contribution in [3.8, 4) is 11.3 Å². The van der Waals surface area contributed by atoms with Crippen molar-refractivity contribution in [2.24, 2.45) is 12.8 Å². The molecule has 1 fully saturated rings. The number of nitrogens with zero attached hydrogens (tertiary/aromatic N) is 3. The van der Waals surface area contributed by atoms with Gasteiger partial charge in [0.25, 0.3) is 0 Å². The van der Waals surface area contributed by atoms with Gasteiger partial charge in [-0.2, -0.15) is 5.10 Å². The lowest BCUT2D eigenvalue weighted by molar-refractivity contribution is 0.301. The normalized spacial score (nSPS) is 18.7. The van der Waals surface area contributed by atoms with Crippen LogP contribution < -0.4 is 5.73 Å². The largest absolute Gasteiger partial charge is 0.319 e. The first-order chi connectivity index (χ1) is 9.08. The summed E-state index contributed by atoms with van der Waals surface area (Å²) < 4.78 is 1.84. The third kappa shape index (κ3) is 2.32. The van der Waals surface area contributed by atoms with Crippen LogP contribution in [0.2, 0.25) is 0 Å². The molecule has 0 aromatic carbocycles. The summed E-state index contributed by atoms with van der Waals surface area (Å²) in [4.78, 5) is 4.79. The molecule has 1 saturated carbocycles. The summed E-state index contributed by atoms with van der Waals surface area (Å²) in [5.74, 6) is 0. The molecule has 1 aliphatic rings. The van der Waals surface area contributed by atoms with E-state index >= 15 is 0 Å². The molecule has 3 rings (SSSR count). The highest BCUT2D eigenvalue weighted by Gasteiger charge is 2.32. The summed E-state index contributed by atoms with van der Waals surface area (Å²) in [6.07, 6.45) is 7.89. The van der Waals surface area contributed by atoms with Gasteiger partial charge in [0.2, 0.25) is 0 Å². The van der Waals surface area contributed by atoms with E-state index in [0.29, 0.717) is 0 Å². The summed E-state index contributed by atoms with van der Waals surface area (Å²) >= 11 is 1.69. The molecule has 0 bridgehead atoms. The Kier molecular flexibility index (Phi) is 3.19. The van der Waals surface area contributed by atoms with Gasteiger partial charge < -0.3 is 5.73 Å². The lowest BCUT2D eigenvalue weighted by Crippen LogP contribution is -2.38. The molecule has 102 valence electrons. The highest BCUT2D eigenvalue weighted by atomic mass is 32.1. The Labute approximate surface area is 117 Å². The average Bonchev–Trinajstić information content (AvgIpc) is 2.97. The molecule has 1 aliphatic carbocycles. The van der Waals surface area contributed by atoms with E-state index in [0.717, 1.165) is 34.8 Å². The van der Waals surface area contributed by atoms with Crippen molar-refractivity contribution in [1.82, 2.24) is 14.8 Å². The standard InChI is InChI=1S/C14H20N4S/c1-10-11(8-18(2)17-10)12-9-19-13(16-12)14(15)6-4-3-5-7-14/h8-9H,3-7,15H2,1-2H3. The van der Waals surface area contributed by atoms with Gasteiger partial charge in [0.1, 0.15) is 5.01 Å². The summed E-state index contributed by atoms with van der Waals surface area (Å²) in [6, 6.07) is 0. The lowest BCUT2D eigenvalue weighted by atomic mass is 9.83. The van der Waals surface area contributed by atoms with Crippen LogP contribution in [0.1, 0.15) is 42.8 Å². The molecule has 0 radical (unpaired) electrons.